The molecule has 0 aliphatic heterocycles. The number of rotatable bonds is 5. The standard InChI is InChI=1S/C11H19NO3/c1-8(2)7-15-11(14)10(9(3)13)6-12(4)5/h6,8H,7H2,1-5H3/b10-6+. The van der Waals surface area contributed by atoms with Crippen LogP contribution in [0.2, 0.25) is 0 Å². The summed E-state index contributed by atoms with van der Waals surface area (Å²) in [5, 5.41) is 0. The second kappa shape index (κ2) is 6.22. The molecular formula is C11H19NO3. The second-order valence-electron chi connectivity index (χ2n) is 4.05. The lowest BCUT2D eigenvalue weighted by molar-refractivity contribution is -0.141. The van der Waals surface area contributed by atoms with Crippen molar-refractivity contribution in [2.24, 2.45) is 5.92 Å². The van der Waals surface area contributed by atoms with Gasteiger partial charge >= 0.3 is 5.97 Å². The quantitative estimate of drug-likeness (QED) is 0.298. The van der Waals surface area contributed by atoms with Crippen LogP contribution in [0.5, 0.6) is 0 Å². The van der Waals surface area contributed by atoms with Crippen molar-refractivity contribution in [3.63, 3.8) is 0 Å². The Morgan fingerprint density at radius 2 is 1.87 bits per heavy atom. The van der Waals surface area contributed by atoms with Crippen LogP contribution in [0.4, 0.5) is 0 Å². The van der Waals surface area contributed by atoms with Crippen molar-refractivity contribution in [1.82, 2.24) is 4.90 Å². The van der Waals surface area contributed by atoms with Crippen LogP contribution in [-0.2, 0) is 14.3 Å². The maximum Gasteiger partial charge on any atom is 0.343 e. The number of Topliss-reactive ketones (excluding diaryl/α,β-unsaturated/α-hetero) is 1. The number of esters is 1. The van der Waals surface area contributed by atoms with Crippen molar-refractivity contribution in [3.8, 4) is 0 Å². The maximum absolute atomic E-state index is 11.5. The highest BCUT2D eigenvalue weighted by Crippen LogP contribution is 2.03. The number of nitrogens with zero attached hydrogens (tertiary/aromatic N) is 1. The molecule has 0 aromatic carbocycles. The number of carbonyl (C=O) groups is 2. The lowest BCUT2D eigenvalue weighted by Crippen LogP contribution is -2.19. The molecule has 15 heavy (non-hydrogen) atoms. The van der Waals surface area contributed by atoms with Crippen molar-refractivity contribution in [2.45, 2.75) is 20.8 Å². The molecule has 0 atom stereocenters. The molecule has 86 valence electrons. The van der Waals surface area contributed by atoms with Crippen molar-refractivity contribution in [1.29, 1.82) is 0 Å². The van der Waals surface area contributed by atoms with E-state index in [1.54, 1.807) is 19.0 Å². The zero-order valence-corrected chi connectivity index (χ0v) is 10.0. The van der Waals surface area contributed by atoms with Gasteiger partial charge in [0, 0.05) is 20.3 Å². The van der Waals surface area contributed by atoms with Crippen LogP contribution in [0.1, 0.15) is 20.8 Å². The fraction of sp³-hybridized carbons (Fsp3) is 0.636. The average Bonchev–Trinajstić information content (AvgIpc) is 2.09. The van der Waals surface area contributed by atoms with E-state index in [4.69, 9.17) is 4.74 Å². The highest BCUT2D eigenvalue weighted by atomic mass is 16.5. The fourth-order valence-corrected chi connectivity index (χ4v) is 0.866. The molecule has 0 aromatic rings. The summed E-state index contributed by atoms with van der Waals surface area (Å²) >= 11 is 0. The molecule has 0 radical (unpaired) electrons. The van der Waals surface area contributed by atoms with Gasteiger partial charge in [-0.2, -0.15) is 0 Å². The van der Waals surface area contributed by atoms with E-state index < -0.39 is 5.97 Å². The van der Waals surface area contributed by atoms with Crippen LogP contribution in [0.25, 0.3) is 0 Å². The van der Waals surface area contributed by atoms with E-state index in [2.05, 4.69) is 0 Å². The second-order valence-corrected chi connectivity index (χ2v) is 4.05. The van der Waals surface area contributed by atoms with Gasteiger partial charge in [0.05, 0.1) is 6.61 Å². The van der Waals surface area contributed by atoms with Gasteiger partial charge in [0.1, 0.15) is 5.57 Å². The van der Waals surface area contributed by atoms with E-state index in [-0.39, 0.29) is 17.3 Å². The summed E-state index contributed by atoms with van der Waals surface area (Å²) in [6.07, 6.45) is 1.48. The third-order valence-electron chi connectivity index (χ3n) is 1.53. The molecule has 0 unspecified atom stereocenters. The molecule has 0 spiro atoms. The summed E-state index contributed by atoms with van der Waals surface area (Å²) in [5.74, 6) is -0.566. The molecule has 4 heteroatoms. The van der Waals surface area contributed by atoms with Crippen LogP contribution in [0.3, 0.4) is 0 Å². The first-order chi connectivity index (χ1) is 6.84. The van der Waals surface area contributed by atoms with Gasteiger partial charge in [-0.05, 0) is 12.8 Å². The van der Waals surface area contributed by atoms with Crippen molar-refractivity contribution in [3.05, 3.63) is 11.8 Å². The molecule has 0 rings (SSSR count). The van der Waals surface area contributed by atoms with Gasteiger partial charge in [-0.25, -0.2) is 4.79 Å². The monoisotopic (exact) mass is 213 g/mol. The van der Waals surface area contributed by atoms with E-state index in [1.165, 1.54) is 13.1 Å². The highest BCUT2D eigenvalue weighted by Gasteiger charge is 2.16. The van der Waals surface area contributed by atoms with E-state index in [1.807, 2.05) is 13.8 Å². The molecule has 0 amide bonds. The molecule has 0 aliphatic rings. The van der Waals surface area contributed by atoms with E-state index >= 15 is 0 Å². The van der Waals surface area contributed by atoms with Gasteiger partial charge in [-0.3, -0.25) is 4.79 Å². The molecule has 0 saturated carbocycles. The Morgan fingerprint density at radius 1 is 1.33 bits per heavy atom. The number of ketones is 1. The van der Waals surface area contributed by atoms with E-state index in [0.29, 0.717) is 6.61 Å². The summed E-state index contributed by atoms with van der Waals surface area (Å²) in [4.78, 5) is 24.3. The smallest absolute Gasteiger partial charge is 0.343 e. The van der Waals surface area contributed by atoms with Gasteiger partial charge in [0.25, 0.3) is 0 Å². The molecule has 0 heterocycles. The zero-order chi connectivity index (χ0) is 12.0. The van der Waals surface area contributed by atoms with Crippen LogP contribution < -0.4 is 0 Å². The van der Waals surface area contributed by atoms with Crippen LogP contribution in [0.15, 0.2) is 11.8 Å². The number of carbonyl (C=O) groups excluding carboxylic acids is 2. The van der Waals surface area contributed by atoms with E-state index in [9.17, 15) is 9.59 Å². The molecule has 0 saturated heterocycles. The van der Waals surface area contributed by atoms with Crippen LogP contribution in [-0.4, -0.2) is 37.4 Å². The summed E-state index contributed by atoms with van der Waals surface area (Å²) in [6, 6.07) is 0. The van der Waals surface area contributed by atoms with Crippen molar-refractivity contribution in [2.75, 3.05) is 20.7 Å². The molecule has 0 fully saturated rings. The predicted octanol–water partition coefficient (Wildman–Crippen LogP) is 1.22. The Labute approximate surface area is 90.9 Å². The number of ether oxygens (including phenoxy) is 1. The van der Waals surface area contributed by atoms with Crippen LogP contribution in [0, 0.1) is 5.92 Å². The lowest BCUT2D eigenvalue weighted by atomic mass is 10.2. The molecule has 0 N–H and O–H groups in total. The largest absolute Gasteiger partial charge is 0.462 e. The van der Waals surface area contributed by atoms with Gasteiger partial charge in [0.15, 0.2) is 5.78 Å². The Hall–Kier alpha value is -1.32. The van der Waals surface area contributed by atoms with Gasteiger partial charge < -0.3 is 9.64 Å². The first-order valence-corrected chi connectivity index (χ1v) is 4.91. The summed E-state index contributed by atoms with van der Waals surface area (Å²) in [7, 11) is 3.50. The Kier molecular flexibility index (Phi) is 5.67. The van der Waals surface area contributed by atoms with Gasteiger partial charge in [0.2, 0.25) is 0 Å². The molecule has 4 nitrogen and oxygen atoms in total. The summed E-state index contributed by atoms with van der Waals surface area (Å²) < 4.78 is 4.97. The van der Waals surface area contributed by atoms with E-state index in [0.717, 1.165) is 0 Å². The minimum absolute atomic E-state index is 0.0839. The molecular weight excluding hydrogens is 194 g/mol. The summed E-state index contributed by atoms with van der Waals surface area (Å²) in [5.41, 5.74) is 0.0839. The van der Waals surface area contributed by atoms with Crippen molar-refractivity contribution >= 4 is 11.8 Å². The first kappa shape index (κ1) is 13.7. The zero-order valence-electron chi connectivity index (χ0n) is 10.0. The minimum Gasteiger partial charge on any atom is -0.462 e. The normalized spacial score (nSPS) is 11.5. The summed E-state index contributed by atoms with van der Waals surface area (Å²) in [6.45, 7) is 5.57. The Balaban J connectivity index is 4.51. The molecule has 0 bridgehead atoms. The minimum atomic E-state index is -0.551. The molecule has 0 aliphatic carbocycles. The highest BCUT2D eigenvalue weighted by molar-refractivity contribution is 6.16. The van der Waals surface area contributed by atoms with Gasteiger partial charge in [-0.15, -0.1) is 0 Å². The maximum atomic E-state index is 11.5. The Bertz CT molecular complexity index is 267. The number of hydrogen-bond acceptors (Lipinski definition) is 4. The predicted molar refractivity (Wildman–Crippen MR) is 58.2 cm³/mol. The van der Waals surface area contributed by atoms with Crippen LogP contribution >= 0.6 is 0 Å². The third-order valence-corrected chi connectivity index (χ3v) is 1.53. The Morgan fingerprint density at radius 3 is 2.20 bits per heavy atom. The topological polar surface area (TPSA) is 46.6 Å². The first-order valence-electron chi connectivity index (χ1n) is 4.91. The fourth-order valence-electron chi connectivity index (χ4n) is 0.866. The average molecular weight is 213 g/mol. The number of hydrogen-bond donors (Lipinski definition) is 0. The van der Waals surface area contributed by atoms with Crippen molar-refractivity contribution < 1.29 is 14.3 Å². The van der Waals surface area contributed by atoms with Gasteiger partial charge in [-0.1, -0.05) is 13.8 Å². The lowest BCUT2D eigenvalue weighted by Gasteiger charge is -2.10. The molecule has 0 aromatic heterocycles. The SMILES string of the molecule is CC(=O)/C(=C\N(C)C)C(=O)OCC(C)C. The third kappa shape index (κ3) is 5.88.